The number of carboxylic acid groups (broad SMARTS) is 1. The van der Waals surface area contributed by atoms with Gasteiger partial charge in [-0.05, 0) is 18.4 Å². The number of aliphatic carboxylic acids is 1. The summed E-state index contributed by atoms with van der Waals surface area (Å²) in [6.07, 6.45) is 1.51. The summed E-state index contributed by atoms with van der Waals surface area (Å²) < 4.78 is 18.5. The lowest BCUT2D eigenvalue weighted by atomic mass is 10.0. The van der Waals surface area contributed by atoms with Crippen LogP contribution in [0, 0.1) is 5.82 Å². The Labute approximate surface area is 103 Å². The molecular formula is C11H14FNO3S. The summed E-state index contributed by atoms with van der Waals surface area (Å²) in [7, 11) is 1.45. The van der Waals surface area contributed by atoms with E-state index in [1.165, 1.54) is 31.0 Å². The second kappa shape index (κ2) is 5.88. The minimum Gasteiger partial charge on any atom is -0.495 e. The van der Waals surface area contributed by atoms with Gasteiger partial charge in [-0.1, -0.05) is 0 Å². The summed E-state index contributed by atoms with van der Waals surface area (Å²) in [4.78, 5) is 11.2. The van der Waals surface area contributed by atoms with Crippen LogP contribution >= 0.6 is 11.8 Å². The van der Waals surface area contributed by atoms with Gasteiger partial charge in [-0.3, -0.25) is 4.79 Å². The lowest BCUT2D eigenvalue weighted by Gasteiger charge is -2.16. The number of ether oxygens (including phenoxy) is 1. The minimum absolute atomic E-state index is 0.270. The van der Waals surface area contributed by atoms with Gasteiger partial charge in [0.15, 0.2) is 0 Å². The summed E-state index contributed by atoms with van der Waals surface area (Å²) in [5.41, 5.74) is 6.10. The van der Waals surface area contributed by atoms with Gasteiger partial charge >= 0.3 is 5.97 Å². The van der Waals surface area contributed by atoms with Gasteiger partial charge < -0.3 is 15.6 Å². The van der Waals surface area contributed by atoms with Crippen molar-refractivity contribution in [3.05, 3.63) is 23.5 Å². The first-order chi connectivity index (χ1) is 7.99. The van der Waals surface area contributed by atoms with E-state index in [-0.39, 0.29) is 6.42 Å². The summed E-state index contributed by atoms with van der Waals surface area (Å²) in [5.74, 6) is -1.05. The molecule has 1 atom stereocenters. The molecule has 0 saturated carbocycles. The molecule has 94 valence electrons. The molecule has 0 fully saturated rings. The number of hydrogen-bond donors (Lipinski definition) is 2. The van der Waals surface area contributed by atoms with E-state index in [4.69, 9.17) is 15.6 Å². The van der Waals surface area contributed by atoms with Crippen molar-refractivity contribution < 1.29 is 19.0 Å². The number of halogens is 1. The summed E-state index contributed by atoms with van der Waals surface area (Å²) in [6, 6.07) is 1.76. The number of methoxy groups -OCH3 is 1. The molecule has 0 saturated heterocycles. The first-order valence-corrected chi connectivity index (χ1v) is 6.10. The molecule has 0 heterocycles. The van der Waals surface area contributed by atoms with Crippen LogP contribution in [0.2, 0.25) is 0 Å². The van der Waals surface area contributed by atoms with E-state index in [9.17, 15) is 9.18 Å². The highest BCUT2D eigenvalue weighted by Gasteiger charge is 2.19. The van der Waals surface area contributed by atoms with E-state index in [0.717, 1.165) is 0 Å². The molecule has 0 bridgehead atoms. The maximum atomic E-state index is 13.4. The monoisotopic (exact) mass is 259 g/mol. The number of thioether (sulfide) groups is 1. The van der Waals surface area contributed by atoms with Crippen molar-refractivity contribution in [2.24, 2.45) is 5.73 Å². The van der Waals surface area contributed by atoms with Gasteiger partial charge in [0.25, 0.3) is 0 Å². The van der Waals surface area contributed by atoms with Crippen LogP contribution in [0.4, 0.5) is 4.39 Å². The summed E-state index contributed by atoms with van der Waals surface area (Å²) >= 11 is 1.32. The highest BCUT2D eigenvalue weighted by atomic mass is 32.2. The standard InChI is InChI=1S/C11H14FNO3S/c1-16-11-7(8(13)5-10(14)15)3-6(12)4-9(11)17-2/h3-4,8H,5,13H2,1-2H3,(H,14,15). The van der Waals surface area contributed by atoms with Crippen molar-refractivity contribution >= 4 is 17.7 Å². The van der Waals surface area contributed by atoms with E-state index >= 15 is 0 Å². The second-order valence-corrected chi connectivity index (χ2v) is 4.28. The zero-order chi connectivity index (χ0) is 13.0. The van der Waals surface area contributed by atoms with Crippen LogP contribution in [0.5, 0.6) is 5.75 Å². The Bertz CT molecular complexity index is 425. The Morgan fingerprint density at radius 2 is 2.29 bits per heavy atom. The first kappa shape index (κ1) is 13.8. The van der Waals surface area contributed by atoms with Gasteiger partial charge in [0.2, 0.25) is 0 Å². The molecule has 3 N–H and O–H groups in total. The molecule has 0 radical (unpaired) electrons. The van der Waals surface area contributed by atoms with E-state index < -0.39 is 17.8 Å². The van der Waals surface area contributed by atoms with Gasteiger partial charge in [0, 0.05) is 11.6 Å². The van der Waals surface area contributed by atoms with E-state index in [1.54, 1.807) is 6.26 Å². The molecule has 1 unspecified atom stereocenters. The Kier molecular flexibility index (Phi) is 4.77. The van der Waals surface area contributed by atoms with E-state index in [1.807, 2.05) is 0 Å². The van der Waals surface area contributed by atoms with Crippen molar-refractivity contribution in [2.75, 3.05) is 13.4 Å². The molecule has 1 aromatic rings. The number of rotatable bonds is 5. The molecule has 0 aromatic heterocycles. The lowest BCUT2D eigenvalue weighted by Crippen LogP contribution is -2.16. The fourth-order valence-corrected chi connectivity index (χ4v) is 2.15. The van der Waals surface area contributed by atoms with Crippen LogP contribution in [0.1, 0.15) is 18.0 Å². The normalized spacial score (nSPS) is 12.2. The number of hydrogen-bond acceptors (Lipinski definition) is 4. The van der Waals surface area contributed by atoms with Crippen molar-refractivity contribution in [1.82, 2.24) is 0 Å². The molecule has 0 spiro atoms. The minimum atomic E-state index is -1.03. The molecule has 4 nitrogen and oxygen atoms in total. The van der Waals surface area contributed by atoms with Crippen LogP contribution < -0.4 is 10.5 Å². The molecule has 1 aromatic carbocycles. The second-order valence-electron chi connectivity index (χ2n) is 3.43. The van der Waals surface area contributed by atoms with Crippen LogP contribution in [0.3, 0.4) is 0 Å². The molecular weight excluding hydrogens is 245 g/mol. The molecule has 0 aliphatic carbocycles. The van der Waals surface area contributed by atoms with Gasteiger partial charge in [-0.15, -0.1) is 11.8 Å². The fourth-order valence-electron chi connectivity index (χ4n) is 1.53. The Balaban J connectivity index is 3.20. The van der Waals surface area contributed by atoms with Gasteiger partial charge in [0.1, 0.15) is 11.6 Å². The van der Waals surface area contributed by atoms with Gasteiger partial charge in [-0.2, -0.15) is 0 Å². The summed E-state index contributed by atoms with van der Waals surface area (Å²) in [6.45, 7) is 0. The predicted octanol–water partition coefficient (Wildman–Crippen LogP) is 2.03. The Hall–Kier alpha value is -1.27. The average Bonchev–Trinajstić information content (AvgIpc) is 2.26. The van der Waals surface area contributed by atoms with Gasteiger partial charge in [0.05, 0.1) is 18.4 Å². The predicted molar refractivity (Wildman–Crippen MR) is 63.9 cm³/mol. The lowest BCUT2D eigenvalue weighted by molar-refractivity contribution is -0.137. The molecule has 0 aliphatic heterocycles. The molecule has 17 heavy (non-hydrogen) atoms. The fraction of sp³-hybridized carbons (Fsp3) is 0.364. The third kappa shape index (κ3) is 3.34. The zero-order valence-corrected chi connectivity index (χ0v) is 10.4. The van der Waals surface area contributed by atoms with Crippen molar-refractivity contribution in [2.45, 2.75) is 17.4 Å². The van der Waals surface area contributed by atoms with Crippen molar-refractivity contribution in [1.29, 1.82) is 0 Å². The maximum Gasteiger partial charge on any atom is 0.305 e. The topological polar surface area (TPSA) is 72.5 Å². The SMILES string of the molecule is COc1c(SC)cc(F)cc1C(N)CC(=O)O. The third-order valence-corrected chi connectivity index (χ3v) is 3.01. The van der Waals surface area contributed by atoms with Crippen molar-refractivity contribution in [3.63, 3.8) is 0 Å². The van der Waals surface area contributed by atoms with E-state index in [0.29, 0.717) is 16.2 Å². The molecule has 0 amide bonds. The van der Waals surface area contributed by atoms with Crippen LogP contribution in [-0.2, 0) is 4.79 Å². The Morgan fingerprint density at radius 1 is 1.65 bits per heavy atom. The molecule has 1 rings (SSSR count). The smallest absolute Gasteiger partial charge is 0.305 e. The van der Waals surface area contributed by atoms with Crippen LogP contribution in [0.25, 0.3) is 0 Å². The highest BCUT2D eigenvalue weighted by Crippen LogP contribution is 2.35. The van der Waals surface area contributed by atoms with Gasteiger partial charge in [-0.25, -0.2) is 4.39 Å². The average molecular weight is 259 g/mol. The zero-order valence-electron chi connectivity index (χ0n) is 9.57. The number of carboxylic acids is 1. The largest absolute Gasteiger partial charge is 0.495 e. The van der Waals surface area contributed by atoms with Crippen LogP contribution in [-0.4, -0.2) is 24.4 Å². The quantitative estimate of drug-likeness (QED) is 0.792. The van der Waals surface area contributed by atoms with E-state index in [2.05, 4.69) is 0 Å². The molecule has 6 heteroatoms. The number of carbonyl (C=O) groups is 1. The highest BCUT2D eigenvalue weighted by molar-refractivity contribution is 7.98. The first-order valence-electron chi connectivity index (χ1n) is 4.88. The molecule has 0 aliphatic rings. The maximum absolute atomic E-state index is 13.4. The van der Waals surface area contributed by atoms with Crippen LogP contribution in [0.15, 0.2) is 17.0 Å². The summed E-state index contributed by atoms with van der Waals surface area (Å²) in [5, 5.41) is 8.68. The van der Waals surface area contributed by atoms with Crippen molar-refractivity contribution in [3.8, 4) is 5.75 Å². The Morgan fingerprint density at radius 3 is 2.76 bits per heavy atom. The number of benzene rings is 1. The number of nitrogens with two attached hydrogens (primary N) is 1. The third-order valence-electron chi connectivity index (χ3n) is 2.27.